The molecule has 1 aliphatic rings. The van der Waals surface area contributed by atoms with E-state index in [-0.39, 0.29) is 0 Å². The minimum atomic E-state index is 1.09. The molecular formula is C25H21N. The molecule has 0 saturated carbocycles. The molecule has 0 spiro atoms. The number of hydrogen-bond acceptors (Lipinski definition) is 0. The van der Waals surface area contributed by atoms with Gasteiger partial charge in [0.2, 0.25) is 0 Å². The summed E-state index contributed by atoms with van der Waals surface area (Å²) in [5.41, 5.74) is 9.20. The first-order valence-corrected chi connectivity index (χ1v) is 9.27. The molecule has 1 heteroatoms. The fourth-order valence-electron chi connectivity index (χ4n) is 4.08. The smallest absolute Gasteiger partial charge is 0.0540 e. The van der Waals surface area contributed by atoms with E-state index in [1.165, 1.54) is 44.5 Å². The van der Waals surface area contributed by atoms with Crippen molar-refractivity contribution in [1.82, 2.24) is 4.57 Å². The van der Waals surface area contributed by atoms with E-state index in [1.54, 1.807) is 0 Å². The Morgan fingerprint density at radius 2 is 1.65 bits per heavy atom. The van der Waals surface area contributed by atoms with Crippen molar-refractivity contribution in [3.8, 4) is 16.8 Å². The summed E-state index contributed by atoms with van der Waals surface area (Å²) >= 11 is 0. The van der Waals surface area contributed by atoms with Gasteiger partial charge in [-0.1, -0.05) is 66.7 Å². The van der Waals surface area contributed by atoms with Gasteiger partial charge in [0.25, 0.3) is 0 Å². The molecule has 1 aromatic heterocycles. The molecule has 0 saturated heterocycles. The molecule has 0 atom stereocenters. The van der Waals surface area contributed by atoms with Crippen molar-refractivity contribution in [2.75, 3.05) is 0 Å². The van der Waals surface area contributed by atoms with Crippen LogP contribution in [0.5, 0.6) is 0 Å². The maximum atomic E-state index is 2.47. The van der Waals surface area contributed by atoms with Gasteiger partial charge in [-0.25, -0.2) is 0 Å². The summed E-state index contributed by atoms with van der Waals surface area (Å²) in [6, 6.07) is 26.3. The minimum Gasteiger partial charge on any atom is -0.313 e. The molecule has 26 heavy (non-hydrogen) atoms. The maximum Gasteiger partial charge on any atom is 0.0540 e. The van der Waals surface area contributed by atoms with Crippen LogP contribution in [-0.2, 0) is 6.42 Å². The van der Waals surface area contributed by atoms with Crippen LogP contribution in [0.15, 0.2) is 78.9 Å². The molecule has 126 valence electrons. The Morgan fingerprint density at radius 3 is 2.54 bits per heavy atom. The van der Waals surface area contributed by atoms with E-state index in [0.717, 1.165) is 12.8 Å². The number of aromatic nitrogens is 1. The van der Waals surface area contributed by atoms with Gasteiger partial charge in [0, 0.05) is 22.3 Å². The minimum absolute atomic E-state index is 1.09. The van der Waals surface area contributed by atoms with Gasteiger partial charge in [0.1, 0.15) is 0 Å². The van der Waals surface area contributed by atoms with Gasteiger partial charge in [-0.3, -0.25) is 0 Å². The Kier molecular flexibility index (Phi) is 3.53. The lowest BCUT2D eigenvalue weighted by molar-refractivity contribution is 0.888. The van der Waals surface area contributed by atoms with Crippen molar-refractivity contribution in [3.05, 3.63) is 95.7 Å². The monoisotopic (exact) mass is 335 g/mol. The van der Waals surface area contributed by atoms with E-state index in [1.807, 2.05) is 0 Å². The van der Waals surface area contributed by atoms with Gasteiger partial charge in [-0.05, 0) is 54.7 Å². The van der Waals surface area contributed by atoms with Crippen molar-refractivity contribution in [2.45, 2.75) is 19.8 Å². The summed E-state index contributed by atoms with van der Waals surface area (Å²) in [5, 5.41) is 1.35. The van der Waals surface area contributed by atoms with Gasteiger partial charge in [0.05, 0.1) is 5.52 Å². The van der Waals surface area contributed by atoms with E-state index in [0.29, 0.717) is 0 Å². The number of nitrogens with zero attached hydrogens (tertiary/aromatic N) is 1. The van der Waals surface area contributed by atoms with E-state index < -0.39 is 0 Å². The fourth-order valence-corrected chi connectivity index (χ4v) is 4.08. The largest absolute Gasteiger partial charge is 0.313 e. The first-order chi connectivity index (χ1) is 12.8. The molecule has 0 fully saturated rings. The molecule has 0 unspecified atom stereocenters. The van der Waals surface area contributed by atoms with Crippen LogP contribution in [0, 0.1) is 6.92 Å². The van der Waals surface area contributed by atoms with Crippen LogP contribution in [0.3, 0.4) is 0 Å². The van der Waals surface area contributed by atoms with Crippen molar-refractivity contribution < 1.29 is 0 Å². The second kappa shape index (κ2) is 6.03. The number of allylic oxidation sites excluding steroid dienone is 1. The quantitative estimate of drug-likeness (QED) is 0.390. The average Bonchev–Trinajstić information content (AvgIpc) is 3.02. The van der Waals surface area contributed by atoms with Crippen molar-refractivity contribution in [3.63, 3.8) is 0 Å². The van der Waals surface area contributed by atoms with Gasteiger partial charge in [-0.15, -0.1) is 0 Å². The summed E-state index contributed by atoms with van der Waals surface area (Å²) in [6.07, 6.45) is 6.80. The van der Waals surface area contributed by atoms with E-state index >= 15 is 0 Å². The van der Waals surface area contributed by atoms with Crippen molar-refractivity contribution in [1.29, 1.82) is 0 Å². The lowest BCUT2D eigenvalue weighted by atomic mass is 10.0. The van der Waals surface area contributed by atoms with Crippen LogP contribution in [0.25, 0.3) is 33.8 Å². The lowest BCUT2D eigenvalue weighted by Gasteiger charge is -2.14. The molecular weight excluding hydrogens is 314 g/mol. The molecule has 3 aromatic carbocycles. The highest BCUT2D eigenvalue weighted by molar-refractivity contribution is 5.93. The number of benzene rings is 3. The zero-order chi connectivity index (χ0) is 17.5. The lowest BCUT2D eigenvalue weighted by Crippen LogP contribution is -2.03. The number of aryl methyl sites for hydroxylation is 1. The Morgan fingerprint density at radius 1 is 0.808 bits per heavy atom. The molecule has 0 radical (unpaired) electrons. The third kappa shape index (κ3) is 2.40. The molecule has 1 nitrogen and oxygen atoms in total. The van der Waals surface area contributed by atoms with Crippen LogP contribution >= 0.6 is 0 Å². The van der Waals surface area contributed by atoms with E-state index in [9.17, 15) is 0 Å². The first-order valence-electron chi connectivity index (χ1n) is 9.27. The summed E-state index contributed by atoms with van der Waals surface area (Å²) in [4.78, 5) is 0. The predicted molar refractivity (Wildman–Crippen MR) is 111 cm³/mol. The summed E-state index contributed by atoms with van der Waals surface area (Å²) in [7, 11) is 0. The molecule has 4 aromatic rings. The second-order valence-corrected chi connectivity index (χ2v) is 7.07. The molecule has 0 bridgehead atoms. The standard InChI is InChI=1S/C25H21N/c1-18-14-15-23-22-12-5-6-13-24(22)26(25(23)16-18)21-11-7-10-20(17-21)19-8-3-2-4-9-19/h2-5,7-12,14-17H,6,13H2,1H3. The molecule has 5 rings (SSSR count). The number of hydrogen-bond donors (Lipinski definition) is 0. The van der Waals surface area contributed by atoms with Crippen LogP contribution < -0.4 is 0 Å². The molecule has 0 aliphatic heterocycles. The fraction of sp³-hybridized carbons (Fsp3) is 0.120. The summed E-state index contributed by atoms with van der Waals surface area (Å²) < 4.78 is 2.47. The second-order valence-electron chi connectivity index (χ2n) is 7.07. The molecule has 0 N–H and O–H groups in total. The molecule has 0 amide bonds. The van der Waals surface area contributed by atoms with Crippen LogP contribution in [-0.4, -0.2) is 4.57 Å². The number of rotatable bonds is 2. The highest BCUT2D eigenvalue weighted by Gasteiger charge is 2.18. The summed E-state index contributed by atoms with van der Waals surface area (Å²) in [5.74, 6) is 0. The third-order valence-electron chi connectivity index (χ3n) is 5.31. The van der Waals surface area contributed by atoms with Gasteiger partial charge < -0.3 is 4.57 Å². The van der Waals surface area contributed by atoms with Crippen LogP contribution in [0.2, 0.25) is 0 Å². The predicted octanol–water partition coefficient (Wildman–Crippen LogP) is 6.57. The number of fused-ring (bicyclic) bond motifs is 3. The third-order valence-corrected chi connectivity index (χ3v) is 5.31. The Hall–Kier alpha value is -3.06. The summed E-state index contributed by atoms with van der Waals surface area (Å²) in [6.45, 7) is 2.17. The van der Waals surface area contributed by atoms with Gasteiger partial charge in [0.15, 0.2) is 0 Å². The van der Waals surface area contributed by atoms with Crippen molar-refractivity contribution >= 4 is 17.0 Å². The van der Waals surface area contributed by atoms with Gasteiger partial charge in [-0.2, -0.15) is 0 Å². The molecule has 1 aliphatic carbocycles. The Labute approximate surface area is 154 Å². The molecule has 1 heterocycles. The van der Waals surface area contributed by atoms with Crippen LogP contribution in [0.1, 0.15) is 23.2 Å². The van der Waals surface area contributed by atoms with Crippen molar-refractivity contribution in [2.24, 2.45) is 0 Å². The Balaban J connectivity index is 1.78. The SMILES string of the molecule is Cc1ccc2c3c(n(-c4cccc(-c5ccccc5)c4)c2c1)CCC=C3. The normalized spacial score (nSPS) is 13.1. The zero-order valence-corrected chi connectivity index (χ0v) is 14.9. The topological polar surface area (TPSA) is 4.93 Å². The van der Waals surface area contributed by atoms with E-state index in [2.05, 4.69) is 96.4 Å². The highest BCUT2D eigenvalue weighted by Crippen LogP contribution is 2.35. The van der Waals surface area contributed by atoms with Crippen LogP contribution in [0.4, 0.5) is 0 Å². The van der Waals surface area contributed by atoms with E-state index in [4.69, 9.17) is 0 Å². The first kappa shape index (κ1) is 15.2. The Bertz CT molecular complexity index is 1130. The maximum absolute atomic E-state index is 2.47. The average molecular weight is 335 g/mol. The zero-order valence-electron chi connectivity index (χ0n) is 14.9. The highest BCUT2D eigenvalue weighted by atomic mass is 15.0. The van der Waals surface area contributed by atoms with Gasteiger partial charge >= 0.3 is 0 Å².